The quantitative estimate of drug-likeness (QED) is 0.286. The van der Waals surface area contributed by atoms with E-state index in [9.17, 15) is 20.1 Å². The summed E-state index contributed by atoms with van der Waals surface area (Å²) in [6, 6.07) is 2.26. The first-order valence-corrected chi connectivity index (χ1v) is 18.1. The van der Waals surface area contributed by atoms with Crippen LogP contribution in [0.2, 0.25) is 0 Å². The van der Waals surface area contributed by atoms with Gasteiger partial charge in [-0.25, -0.2) is 0 Å². The van der Waals surface area contributed by atoms with Gasteiger partial charge in [0.25, 0.3) is 0 Å². The van der Waals surface area contributed by atoms with Crippen molar-refractivity contribution in [1.82, 2.24) is 0 Å². The van der Waals surface area contributed by atoms with E-state index in [0.717, 1.165) is 44.8 Å². The number of fused-ring (bicyclic) bond motifs is 2. The highest BCUT2D eigenvalue weighted by Gasteiger charge is 2.59. The van der Waals surface area contributed by atoms with E-state index >= 15 is 0 Å². The summed E-state index contributed by atoms with van der Waals surface area (Å²) in [7, 11) is 0. The van der Waals surface area contributed by atoms with E-state index in [1.165, 1.54) is 53.5 Å². The molecule has 4 saturated carbocycles. The van der Waals surface area contributed by atoms with Crippen LogP contribution in [0.4, 0.5) is 0 Å². The summed E-state index contributed by atoms with van der Waals surface area (Å²) in [5.41, 5.74) is 6.42. The van der Waals surface area contributed by atoms with E-state index in [4.69, 9.17) is 0 Å². The molecular weight excluding hydrogens is 556 g/mol. The first kappa shape index (κ1) is 38.2. The van der Waals surface area contributed by atoms with Crippen LogP contribution in [0.15, 0.2) is 6.07 Å². The Hall–Kier alpha value is -1.23. The van der Waals surface area contributed by atoms with E-state index in [1.807, 2.05) is 13.8 Å². The van der Waals surface area contributed by atoms with Gasteiger partial charge < -0.3 is 20.1 Å². The van der Waals surface area contributed by atoms with Crippen LogP contribution in [-0.4, -0.2) is 39.4 Å². The summed E-state index contributed by atoms with van der Waals surface area (Å²) in [5.74, 6) is 1.04. The summed E-state index contributed by atoms with van der Waals surface area (Å²) < 4.78 is 0. The molecule has 3 N–H and O–H groups in total. The Balaban J connectivity index is 0.000000189. The van der Waals surface area contributed by atoms with Crippen LogP contribution in [-0.2, 0) is 4.79 Å². The molecule has 0 aromatic heterocycles. The Labute approximate surface area is 277 Å². The van der Waals surface area contributed by atoms with Crippen molar-refractivity contribution in [1.29, 1.82) is 0 Å². The highest BCUT2D eigenvalue weighted by molar-refractivity contribution is 5.58. The van der Waals surface area contributed by atoms with Crippen molar-refractivity contribution in [2.75, 3.05) is 6.61 Å². The number of aliphatic hydroxyl groups excluding tert-OH is 1. The minimum Gasteiger partial charge on any atom is -0.396 e. The molecule has 4 heteroatoms. The Kier molecular flexibility index (Phi) is 11.3. The molecule has 0 amide bonds. The molecule has 4 fully saturated rings. The summed E-state index contributed by atoms with van der Waals surface area (Å²) in [4.78, 5) is 11.5. The largest absolute Gasteiger partial charge is 0.396 e. The fraction of sp³-hybridized carbons (Fsp3) is 0.829. The van der Waals surface area contributed by atoms with Crippen molar-refractivity contribution in [3.8, 4) is 0 Å². The first-order valence-electron chi connectivity index (χ1n) is 18.1. The van der Waals surface area contributed by atoms with E-state index in [1.54, 1.807) is 0 Å². The van der Waals surface area contributed by atoms with E-state index < -0.39 is 11.2 Å². The number of aliphatic hydroxyl groups is 3. The lowest BCUT2D eigenvalue weighted by atomic mass is 9.46. The zero-order chi connectivity index (χ0) is 34.4. The summed E-state index contributed by atoms with van der Waals surface area (Å²) in [5, 5.41) is 30.8. The van der Waals surface area contributed by atoms with Gasteiger partial charge in [0.1, 0.15) is 6.29 Å². The van der Waals surface area contributed by atoms with Gasteiger partial charge in [-0.1, -0.05) is 60.5 Å². The van der Waals surface area contributed by atoms with Gasteiger partial charge in [0.15, 0.2) is 0 Å². The van der Waals surface area contributed by atoms with Crippen molar-refractivity contribution in [3.05, 3.63) is 33.9 Å². The third-order valence-corrected chi connectivity index (χ3v) is 14.4. The maximum atomic E-state index is 11.5. The van der Waals surface area contributed by atoms with Crippen molar-refractivity contribution in [2.24, 2.45) is 45.3 Å². The van der Waals surface area contributed by atoms with Gasteiger partial charge >= 0.3 is 0 Å². The average molecular weight is 627 g/mol. The third kappa shape index (κ3) is 7.29. The minimum absolute atomic E-state index is 0.00868. The molecule has 0 spiro atoms. The molecule has 45 heavy (non-hydrogen) atoms. The standard InChI is InChI=1S/C15H28O2.C15H26O2.C11H16/c2*1-13(2)7-5-8-14(3)11(13)6-9-15(4,17)12(14)10-16;1-7-6-8(2)10(4)11(5)9(7)3/h11-12,16-17H,5-10H2,1-4H3;10-12,17H,5-9H2,1-4H3;6H,1-5H3/t2*11?,12-,14+,15-;/m11./s1. The summed E-state index contributed by atoms with van der Waals surface area (Å²) in [6.45, 7) is 28.7. The molecule has 0 bridgehead atoms. The first-order chi connectivity index (χ1) is 20.5. The molecule has 0 radical (unpaired) electrons. The molecule has 4 aliphatic carbocycles. The lowest BCUT2D eigenvalue weighted by molar-refractivity contribution is -0.178. The average Bonchev–Trinajstić information content (AvgIpc) is 2.89. The van der Waals surface area contributed by atoms with Crippen LogP contribution in [0.5, 0.6) is 0 Å². The van der Waals surface area contributed by atoms with E-state index in [0.29, 0.717) is 22.7 Å². The number of hydrogen-bond acceptors (Lipinski definition) is 4. The predicted octanol–water partition coefficient (Wildman–Crippen LogP) is 9.38. The van der Waals surface area contributed by atoms with Crippen LogP contribution in [0.3, 0.4) is 0 Å². The second-order valence-corrected chi connectivity index (χ2v) is 18.3. The molecule has 258 valence electrons. The van der Waals surface area contributed by atoms with Gasteiger partial charge in [-0.3, -0.25) is 0 Å². The Morgan fingerprint density at radius 2 is 1.07 bits per heavy atom. The molecule has 4 nitrogen and oxygen atoms in total. The van der Waals surface area contributed by atoms with E-state index in [-0.39, 0.29) is 29.3 Å². The minimum atomic E-state index is -0.805. The van der Waals surface area contributed by atoms with Gasteiger partial charge in [-0.15, -0.1) is 0 Å². The predicted molar refractivity (Wildman–Crippen MR) is 188 cm³/mol. The smallest absolute Gasteiger partial charge is 0.126 e. The number of hydrogen-bond donors (Lipinski definition) is 3. The maximum absolute atomic E-state index is 11.5. The normalized spacial score (nSPS) is 40.0. The number of rotatable bonds is 2. The van der Waals surface area contributed by atoms with Crippen molar-refractivity contribution in [2.45, 2.75) is 165 Å². The summed E-state index contributed by atoms with van der Waals surface area (Å²) in [6.07, 6.45) is 12.0. The highest BCUT2D eigenvalue weighted by atomic mass is 16.3. The van der Waals surface area contributed by atoms with Gasteiger partial charge in [0.2, 0.25) is 0 Å². The van der Waals surface area contributed by atoms with E-state index in [2.05, 4.69) is 82.2 Å². The number of carbonyl (C=O) groups excluding carboxylic acids is 1. The van der Waals surface area contributed by atoms with Crippen molar-refractivity contribution < 1.29 is 20.1 Å². The summed E-state index contributed by atoms with van der Waals surface area (Å²) >= 11 is 0. The second-order valence-electron chi connectivity index (χ2n) is 18.3. The van der Waals surface area contributed by atoms with Gasteiger partial charge in [0.05, 0.1) is 11.2 Å². The maximum Gasteiger partial charge on any atom is 0.126 e. The number of benzene rings is 1. The van der Waals surface area contributed by atoms with Crippen LogP contribution >= 0.6 is 0 Å². The molecule has 0 aliphatic heterocycles. The molecule has 0 saturated heterocycles. The molecule has 5 rings (SSSR count). The Morgan fingerprint density at radius 1 is 0.644 bits per heavy atom. The monoisotopic (exact) mass is 627 g/mol. The van der Waals surface area contributed by atoms with Crippen LogP contribution < -0.4 is 0 Å². The van der Waals surface area contributed by atoms with Crippen LogP contribution in [0.1, 0.15) is 147 Å². The zero-order valence-electron chi connectivity index (χ0n) is 31.5. The SMILES string of the molecule is CC1(C)CCC[C@@]2(C)C1CC[C@@](C)(O)[C@@H]2C=O.CC1(C)CCC[C@@]2(C)C1CC[C@@](C)(O)[C@@H]2CO.Cc1cc(C)c(C)c(C)c1C. The number of aryl methyl sites for hydroxylation is 2. The lowest BCUT2D eigenvalue weighted by Gasteiger charge is -2.60. The van der Waals surface area contributed by atoms with Gasteiger partial charge in [0, 0.05) is 18.4 Å². The van der Waals surface area contributed by atoms with Crippen molar-refractivity contribution >= 4 is 6.29 Å². The second kappa shape index (κ2) is 13.3. The van der Waals surface area contributed by atoms with Crippen molar-refractivity contribution in [3.63, 3.8) is 0 Å². The molecule has 8 atom stereocenters. The topological polar surface area (TPSA) is 77.8 Å². The fourth-order valence-electron chi connectivity index (χ4n) is 11.3. The van der Waals surface area contributed by atoms with Gasteiger partial charge in [-0.2, -0.15) is 0 Å². The molecule has 0 heterocycles. The Bertz CT molecular complexity index is 1150. The third-order valence-electron chi connectivity index (χ3n) is 14.4. The van der Waals surface area contributed by atoms with Crippen LogP contribution in [0, 0.1) is 80.0 Å². The fourth-order valence-corrected chi connectivity index (χ4v) is 11.3. The highest BCUT2D eigenvalue weighted by Crippen LogP contribution is 2.62. The molecule has 2 unspecified atom stereocenters. The lowest BCUT2D eigenvalue weighted by Crippen LogP contribution is -2.58. The zero-order valence-corrected chi connectivity index (χ0v) is 31.5. The number of carbonyl (C=O) groups is 1. The molecule has 4 aliphatic rings. The molecule has 1 aromatic carbocycles. The van der Waals surface area contributed by atoms with Gasteiger partial charge in [-0.05, 0) is 161 Å². The van der Waals surface area contributed by atoms with Crippen LogP contribution in [0.25, 0.3) is 0 Å². The molecule has 1 aromatic rings. The Morgan fingerprint density at radius 3 is 1.51 bits per heavy atom. The molecular formula is C41H70O4. The number of aldehydes is 1.